The van der Waals surface area contributed by atoms with Crippen molar-refractivity contribution in [2.75, 3.05) is 13.7 Å². The Hall–Kier alpha value is -0.900. The van der Waals surface area contributed by atoms with Gasteiger partial charge in [-0.05, 0) is 0 Å². The van der Waals surface area contributed by atoms with E-state index in [-0.39, 0.29) is 0 Å². The number of hydroxylamine groups is 2. The molecule has 0 saturated carbocycles. The lowest BCUT2D eigenvalue weighted by Crippen LogP contribution is -2.21. The number of carbonyl (C=O) groups is 2. The maximum atomic E-state index is 9.93. The molecular formula is C5H9NO3. The summed E-state index contributed by atoms with van der Waals surface area (Å²) in [6.45, 7) is 0.323. The van der Waals surface area contributed by atoms with Crippen LogP contribution in [-0.2, 0) is 14.4 Å². The number of nitrogens with zero attached hydrogens (tertiary/aromatic N) is 1. The molecule has 4 nitrogen and oxygen atoms in total. The molecule has 0 aliphatic carbocycles. The van der Waals surface area contributed by atoms with Crippen LogP contribution in [0.1, 0.15) is 6.42 Å². The van der Waals surface area contributed by atoms with Crippen molar-refractivity contribution in [1.82, 2.24) is 5.06 Å². The third-order valence-corrected chi connectivity index (χ3v) is 0.819. The van der Waals surface area contributed by atoms with E-state index in [0.29, 0.717) is 19.4 Å². The van der Waals surface area contributed by atoms with Crippen LogP contribution in [-0.4, -0.2) is 31.4 Å². The minimum atomic E-state index is 0.312. The molecule has 0 N–H and O–H groups in total. The lowest BCUT2D eigenvalue weighted by Gasteiger charge is -2.10. The van der Waals surface area contributed by atoms with Crippen molar-refractivity contribution in [2.24, 2.45) is 0 Å². The third kappa shape index (κ3) is 3.66. The number of hydrogen-bond donors (Lipinski definition) is 0. The molecule has 0 bridgehead atoms. The molecule has 0 radical (unpaired) electrons. The van der Waals surface area contributed by atoms with Crippen LogP contribution in [0.3, 0.4) is 0 Å². The Bertz CT molecular complexity index is 94.2. The van der Waals surface area contributed by atoms with Crippen molar-refractivity contribution in [1.29, 1.82) is 0 Å². The molecule has 0 aromatic carbocycles. The highest BCUT2D eigenvalue weighted by Crippen LogP contribution is 1.82. The molecule has 0 aliphatic rings. The van der Waals surface area contributed by atoms with Gasteiger partial charge in [0.05, 0.1) is 13.7 Å². The minimum Gasteiger partial charge on any atom is -0.303 e. The number of rotatable bonds is 5. The van der Waals surface area contributed by atoms with E-state index in [1.807, 2.05) is 0 Å². The highest BCUT2D eigenvalue weighted by molar-refractivity contribution is 5.51. The molecule has 0 aromatic heterocycles. The molecule has 52 valence electrons. The standard InChI is InChI=1S/C5H9NO3/c1-9-6(5-8)3-2-4-7/h4-5H,2-3H2,1H3. The van der Waals surface area contributed by atoms with Gasteiger partial charge in [-0.15, -0.1) is 0 Å². The number of amides is 1. The topological polar surface area (TPSA) is 46.6 Å². The maximum Gasteiger partial charge on any atom is 0.233 e. The van der Waals surface area contributed by atoms with Crippen molar-refractivity contribution in [3.63, 3.8) is 0 Å². The van der Waals surface area contributed by atoms with Crippen molar-refractivity contribution < 1.29 is 14.4 Å². The van der Waals surface area contributed by atoms with Gasteiger partial charge in [-0.1, -0.05) is 0 Å². The van der Waals surface area contributed by atoms with E-state index in [2.05, 4.69) is 4.84 Å². The fourth-order valence-electron chi connectivity index (χ4n) is 0.367. The van der Waals surface area contributed by atoms with Crippen LogP contribution in [0.5, 0.6) is 0 Å². The van der Waals surface area contributed by atoms with Crippen molar-refractivity contribution in [2.45, 2.75) is 6.42 Å². The van der Waals surface area contributed by atoms with E-state index < -0.39 is 0 Å². The summed E-state index contributed by atoms with van der Waals surface area (Å²) in [6, 6.07) is 0. The van der Waals surface area contributed by atoms with Gasteiger partial charge in [0, 0.05) is 6.42 Å². The zero-order valence-corrected chi connectivity index (χ0v) is 5.24. The first kappa shape index (κ1) is 8.10. The summed E-state index contributed by atoms with van der Waals surface area (Å²) in [4.78, 5) is 24.2. The lowest BCUT2D eigenvalue weighted by atomic mass is 10.5. The predicted molar refractivity (Wildman–Crippen MR) is 30.5 cm³/mol. The van der Waals surface area contributed by atoms with E-state index in [9.17, 15) is 9.59 Å². The Balaban J connectivity index is 3.30. The summed E-state index contributed by atoms with van der Waals surface area (Å²) in [5.41, 5.74) is 0. The second-order valence-corrected chi connectivity index (χ2v) is 1.38. The zero-order valence-electron chi connectivity index (χ0n) is 5.24. The first-order valence-corrected chi connectivity index (χ1v) is 2.54. The van der Waals surface area contributed by atoms with Crippen LogP contribution in [0.15, 0.2) is 0 Å². The zero-order chi connectivity index (χ0) is 7.11. The maximum absolute atomic E-state index is 9.93. The summed E-state index contributed by atoms with van der Waals surface area (Å²) in [6.07, 6.45) is 1.58. The van der Waals surface area contributed by atoms with Crippen molar-refractivity contribution >= 4 is 12.7 Å². The Morgan fingerprint density at radius 1 is 1.56 bits per heavy atom. The Kier molecular flexibility index (Phi) is 4.72. The molecule has 0 rings (SSSR count). The summed E-state index contributed by atoms with van der Waals surface area (Å²) in [7, 11) is 1.37. The van der Waals surface area contributed by atoms with Crippen molar-refractivity contribution in [3.8, 4) is 0 Å². The molecule has 0 atom stereocenters. The molecule has 1 amide bonds. The van der Waals surface area contributed by atoms with E-state index >= 15 is 0 Å². The molecule has 0 fully saturated rings. The van der Waals surface area contributed by atoms with Gasteiger partial charge in [-0.25, -0.2) is 5.06 Å². The predicted octanol–water partition coefficient (Wildman–Crippen LogP) is -0.405. The third-order valence-electron chi connectivity index (χ3n) is 0.819. The lowest BCUT2D eigenvalue weighted by molar-refractivity contribution is -0.160. The second-order valence-electron chi connectivity index (χ2n) is 1.38. The number of carbonyl (C=O) groups excluding carboxylic acids is 2. The van der Waals surface area contributed by atoms with Crippen LogP contribution < -0.4 is 0 Å². The summed E-state index contributed by atoms with van der Waals surface area (Å²) < 4.78 is 0. The smallest absolute Gasteiger partial charge is 0.233 e. The molecule has 0 aliphatic heterocycles. The monoisotopic (exact) mass is 131 g/mol. The molecule has 0 aromatic rings. The van der Waals surface area contributed by atoms with E-state index in [4.69, 9.17) is 0 Å². The van der Waals surface area contributed by atoms with Crippen LogP contribution in [0.2, 0.25) is 0 Å². The quantitative estimate of drug-likeness (QED) is 0.376. The molecule has 4 heteroatoms. The minimum absolute atomic E-state index is 0.312. The molecular weight excluding hydrogens is 122 g/mol. The molecule has 0 spiro atoms. The Labute approximate surface area is 53.3 Å². The Morgan fingerprint density at radius 2 is 2.22 bits per heavy atom. The van der Waals surface area contributed by atoms with Crippen LogP contribution in [0.4, 0.5) is 0 Å². The van der Waals surface area contributed by atoms with Gasteiger partial charge >= 0.3 is 0 Å². The molecule has 0 heterocycles. The van der Waals surface area contributed by atoms with Gasteiger partial charge in [0.1, 0.15) is 6.29 Å². The summed E-state index contributed by atoms with van der Waals surface area (Å²) in [5.74, 6) is 0. The van der Waals surface area contributed by atoms with E-state index in [1.165, 1.54) is 7.11 Å². The number of aldehydes is 1. The van der Waals surface area contributed by atoms with Gasteiger partial charge in [-0.2, -0.15) is 0 Å². The second kappa shape index (κ2) is 5.24. The largest absolute Gasteiger partial charge is 0.303 e. The van der Waals surface area contributed by atoms with Crippen LogP contribution in [0.25, 0.3) is 0 Å². The van der Waals surface area contributed by atoms with Crippen LogP contribution in [0, 0.1) is 0 Å². The number of hydrogen-bond acceptors (Lipinski definition) is 3. The van der Waals surface area contributed by atoms with Gasteiger partial charge < -0.3 is 4.79 Å². The molecule has 0 saturated heterocycles. The fraction of sp³-hybridized carbons (Fsp3) is 0.600. The SMILES string of the molecule is CON(C=O)CCC=O. The summed E-state index contributed by atoms with van der Waals surface area (Å²) in [5, 5.41) is 1.05. The Morgan fingerprint density at radius 3 is 2.56 bits per heavy atom. The average molecular weight is 131 g/mol. The van der Waals surface area contributed by atoms with Gasteiger partial charge in [0.2, 0.25) is 6.41 Å². The van der Waals surface area contributed by atoms with E-state index in [1.54, 1.807) is 0 Å². The van der Waals surface area contributed by atoms with Gasteiger partial charge in [-0.3, -0.25) is 9.63 Å². The van der Waals surface area contributed by atoms with Gasteiger partial charge in [0.25, 0.3) is 0 Å². The molecule has 0 unspecified atom stereocenters. The average Bonchev–Trinajstić information content (AvgIpc) is 1.91. The molecule has 9 heavy (non-hydrogen) atoms. The van der Waals surface area contributed by atoms with Crippen LogP contribution >= 0.6 is 0 Å². The van der Waals surface area contributed by atoms with E-state index in [0.717, 1.165) is 11.3 Å². The normalized spacial score (nSPS) is 8.56. The van der Waals surface area contributed by atoms with Crippen molar-refractivity contribution in [3.05, 3.63) is 0 Å². The first-order chi connectivity index (χ1) is 4.35. The highest BCUT2D eigenvalue weighted by atomic mass is 16.7. The summed E-state index contributed by atoms with van der Waals surface area (Å²) >= 11 is 0. The van der Waals surface area contributed by atoms with Gasteiger partial charge in [0.15, 0.2) is 0 Å². The highest BCUT2D eigenvalue weighted by Gasteiger charge is 1.95. The fourth-order valence-corrected chi connectivity index (χ4v) is 0.367. The first-order valence-electron chi connectivity index (χ1n) is 2.54.